The Balaban J connectivity index is 1.87. The third kappa shape index (κ3) is 4.59. The molecule has 3 nitrogen and oxygen atoms in total. The molecule has 0 fully saturated rings. The van der Waals surface area contributed by atoms with Gasteiger partial charge in [0.25, 0.3) is 0 Å². The van der Waals surface area contributed by atoms with E-state index >= 15 is 0 Å². The summed E-state index contributed by atoms with van der Waals surface area (Å²) in [6.07, 6.45) is -1.36. The highest BCUT2D eigenvalue weighted by molar-refractivity contribution is 6.02. The van der Waals surface area contributed by atoms with E-state index in [1.807, 2.05) is 13.0 Å². The number of likely N-dealkylation sites (N-methyl/N-ethyl adjacent to an activating group) is 1. The standard InChI is InChI=1S/C24H27F3N2O/c1-5-17-18-14-29(4)15-23(2,3)20(18)11-12-21(17)28-22(30)13-10-16-8-6-7-9-19(16)24(25,26)27/h6-13H,5,14-15H2,1-4H3,(H,28,30)/b13-10+. The van der Waals surface area contributed by atoms with E-state index in [0.717, 1.165) is 37.2 Å². The first-order valence-electron chi connectivity index (χ1n) is 10.0. The van der Waals surface area contributed by atoms with E-state index in [-0.39, 0.29) is 11.0 Å². The number of hydrogen-bond donors (Lipinski definition) is 1. The quantitative estimate of drug-likeness (QED) is 0.654. The van der Waals surface area contributed by atoms with Gasteiger partial charge in [0, 0.05) is 30.3 Å². The molecule has 30 heavy (non-hydrogen) atoms. The summed E-state index contributed by atoms with van der Waals surface area (Å²) in [5.41, 5.74) is 3.50. The number of nitrogens with zero attached hydrogens (tertiary/aromatic N) is 1. The molecular formula is C24H27F3N2O. The van der Waals surface area contributed by atoms with Gasteiger partial charge in [-0.1, -0.05) is 45.0 Å². The van der Waals surface area contributed by atoms with Crippen LogP contribution >= 0.6 is 0 Å². The Morgan fingerprint density at radius 3 is 2.57 bits per heavy atom. The topological polar surface area (TPSA) is 32.3 Å². The van der Waals surface area contributed by atoms with Crippen LogP contribution in [0, 0.1) is 0 Å². The largest absolute Gasteiger partial charge is 0.416 e. The van der Waals surface area contributed by atoms with Crippen molar-refractivity contribution in [2.45, 2.75) is 45.3 Å². The van der Waals surface area contributed by atoms with Gasteiger partial charge < -0.3 is 10.2 Å². The summed E-state index contributed by atoms with van der Waals surface area (Å²) in [6, 6.07) is 9.17. The molecule has 0 bridgehead atoms. The number of carbonyl (C=O) groups is 1. The van der Waals surface area contributed by atoms with E-state index in [9.17, 15) is 18.0 Å². The van der Waals surface area contributed by atoms with Crippen molar-refractivity contribution in [3.05, 3.63) is 70.3 Å². The van der Waals surface area contributed by atoms with Crippen molar-refractivity contribution in [3.63, 3.8) is 0 Å². The van der Waals surface area contributed by atoms with Gasteiger partial charge in [-0.15, -0.1) is 0 Å². The van der Waals surface area contributed by atoms with Gasteiger partial charge in [0.2, 0.25) is 5.91 Å². The van der Waals surface area contributed by atoms with E-state index in [2.05, 4.69) is 37.2 Å². The molecule has 2 aromatic carbocycles. The van der Waals surface area contributed by atoms with Crippen molar-refractivity contribution in [1.29, 1.82) is 0 Å². The highest BCUT2D eigenvalue weighted by Crippen LogP contribution is 2.37. The molecule has 0 aliphatic carbocycles. The maximum absolute atomic E-state index is 13.1. The Hall–Kier alpha value is -2.60. The Labute approximate surface area is 175 Å². The fourth-order valence-electron chi connectivity index (χ4n) is 4.35. The second-order valence-electron chi connectivity index (χ2n) is 8.44. The molecule has 160 valence electrons. The average molecular weight is 416 g/mol. The van der Waals surface area contributed by atoms with Gasteiger partial charge in [-0.25, -0.2) is 0 Å². The fourth-order valence-corrected chi connectivity index (χ4v) is 4.35. The van der Waals surface area contributed by atoms with Crippen molar-refractivity contribution in [3.8, 4) is 0 Å². The second kappa shape index (κ2) is 8.26. The first-order valence-corrected chi connectivity index (χ1v) is 10.0. The number of hydrogen-bond acceptors (Lipinski definition) is 2. The Morgan fingerprint density at radius 1 is 1.20 bits per heavy atom. The van der Waals surface area contributed by atoms with Crippen molar-refractivity contribution >= 4 is 17.7 Å². The molecule has 2 aromatic rings. The number of fused-ring (bicyclic) bond motifs is 1. The summed E-state index contributed by atoms with van der Waals surface area (Å²) in [7, 11) is 2.08. The zero-order chi connectivity index (χ0) is 22.1. The van der Waals surface area contributed by atoms with E-state index in [1.54, 1.807) is 0 Å². The van der Waals surface area contributed by atoms with Crippen LogP contribution in [0.15, 0.2) is 42.5 Å². The minimum absolute atomic E-state index is 0.00992. The van der Waals surface area contributed by atoms with Gasteiger partial charge in [0.15, 0.2) is 0 Å². The van der Waals surface area contributed by atoms with Crippen molar-refractivity contribution in [2.75, 3.05) is 18.9 Å². The van der Waals surface area contributed by atoms with Crippen LogP contribution in [0.5, 0.6) is 0 Å². The predicted octanol–water partition coefficient (Wildman–Crippen LogP) is 5.64. The minimum atomic E-state index is -4.47. The van der Waals surface area contributed by atoms with Crippen LogP contribution in [0.2, 0.25) is 0 Å². The Bertz CT molecular complexity index is 977. The molecule has 3 rings (SSSR count). The summed E-state index contributed by atoms with van der Waals surface area (Å²) >= 11 is 0. The molecule has 0 saturated carbocycles. The maximum atomic E-state index is 13.1. The zero-order valence-electron chi connectivity index (χ0n) is 17.7. The number of rotatable bonds is 4. The molecule has 0 spiro atoms. The number of carbonyl (C=O) groups excluding carboxylic acids is 1. The molecule has 0 atom stereocenters. The lowest BCUT2D eigenvalue weighted by molar-refractivity contribution is -0.137. The lowest BCUT2D eigenvalue weighted by Gasteiger charge is -2.39. The molecule has 1 heterocycles. The normalized spacial score (nSPS) is 16.5. The summed E-state index contributed by atoms with van der Waals surface area (Å²) in [5, 5.41) is 2.86. The molecule has 0 unspecified atom stereocenters. The van der Waals surface area contributed by atoms with Crippen LogP contribution in [0.4, 0.5) is 18.9 Å². The molecule has 6 heteroatoms. The smallest absolute Gasteiger partial charge is 0.322 e. The first kappa shape index (κ1) is 22.1. The predicted molar refractivity (Wildman–Crippen MR) is 114 cm³/mol. The van der Waals surface area contributed by atoms with Gasteiger partial charge >= 0.3 is 6.18 Å². The van der Waals surface area contributed by atoms with Crippen molar-refractivity contribution in [2.24, 2.45) is 0 Å². The Kier molecular flexibility index (Phi) is 6.09. The van der Waals surface area contributed by atoms with E-state index < -0.39 is 17.6 Å². The molecule has 1 aliphatic rings. The molecule has 0 aromatic heterocycles. The summed E-state index contributed by atoms with van der Waals surface area (Å²) in [5.74, 6) is -0.454. The van der Waals surface area contributed by atoms with Crippen LogP contribution in [0.25, 0.3) is 6.08 Å². The molecular weight excluding hydrogens is 389 g/mol. The van der Waals surface area contributed by atoms with E-state index in [4.69, 9.17) is 0 Å². The summed E-state index contributed by atoms with van der Waals surface area (Å²) in [6.45, 7) is 8.22. The fraction of sp³-hybridized carbons (Fsp3) is 0.375. The van der Waals surface area contributed by atoms with Crippen molar-refractivity contribution in [1.82, 2.24) is 4.90 Å². The van der Waals surface area contributed by atoms with Gasteiger partial charge in [0.05, 0.1) is 5.56 Å². The summed E-state index contributed by atoms with van der Waals surface area (Å²) < 4.78 is 39.4. The van der Waals surface area contributed by atoms with Crippen LogP contribution in [0.3, 0.4) is 0 Å². The third-order valence-electron chi connectivity index (χ3n) is 5.55. The van der Waals surface area contributed by atoms with Gasteiger partial charge in [-0.3, -0.25) is 4.79 Å². The van der Waals surface area contributed by atoms with E-state index in [0.29, 0.717) is 5.69 Å². The highest BCUT2D eigenvalue weighted by Gasteiger charge is 2.33. The SMILES string of the molecule is CCc1c(NC(=O)/C=C/c2ccccc2C(F)(F)F)ccc2c1CN(C)CC2(C)C. The number of halogens is 3. The van der Waals surface area contributed by atoms with Crippen LogP contribution in [-0.4, -0.2) is 24.4 Å². The van der Waals surface area contributed by atoms with E-state index in [1.165, 1.54) is 35.4 Å². The zero-order valence-corrected chi connectivity index (χ0v) is 17.7. The highest BCUT2D eigenvalue weighted by atomic mass is 19.4. The minimum Gasteiger partial charge on any atom is -0.322 e. The number of amides is 1. The second-order valence-corrected chi connectivity index (χ2v) is 8.44. The molecule has 1 N–H and O–H groups in total. The van der Waals surface area contributed by atoms with Crippen molar-refractivity contribution < 1.29 is 18.0 Å². The maximum Gasteiger partial charge on any atom is 0.416 e. The molecule has 1 aliphatic heterocycles. The van der Waals surface area contributed by atoms with Gasteiger partial charge in [-0.2, -0.15) is 13.2 Å². The van der Waals surface area contributed by atoms with Crippen LogP contribution < -0.4 is 5.32 Å². The molecule has 0 radical (unpaired) electrons. The third-order valence-corrected chi connectivity index (χ3v) is 5.55. The average Bonchev–Trinajstić information content (AvgIpc) is 2.65. The lowest BCUT2D eigenvalue weighted by atomic mass is 9.76. The molecule has 0 saturated heterocycles. The monoisotopic (exact) mass is 416 g/mol. The van der Waals surface area contributed by atoms with Crippen LogP contribution in [0.1, 0.15) is 48.6 Å². The van der Waals surface area contributed by atoms with Crippen LogP contribution in [-0.2, 0) is 29.4 Å². The number of anilines is 1. The number of alkyl halides is 3. The summed E-state index contributed by atoms with van der Waals surface area (Å²) in [4.78, 5) is 14.8. The molecule has 1 amide bonds. The number of nitrogens with one attached hydrogen (secondary N) is 1. The van der Waals surface area contributed by atoms with Gasteiger partial charge in [-0.05, 0) is 53.9 Å². The lowest BCUT2D eigenvalue weighted by Crippen LogP contribution is -2.40. The Morgan fingerprint density at radius 2 is 1.90 bits per heavy atom. The van der Waals surface area contributed by atoms with Gasteiger partial charge in [0.1, 0.15) is 0 Å². The number of benzene rings is 2. The first-order chi connectivity index (χ1) is 14.0.